The van der Waals surface area contributed by atoms with Gasteiger partial charge in [0, 0.05) is 13.2 Å². The monoisotopic (exact) mass is 318 g/mol. The van der Waals surface area contributed by atoms with E-state index >= 15 is 0 Å². The van der Waals surface area contributed by atoms with E-state index in [0.717, 1.165) is 23.3 Å². The Morgan fingerprint density at radius 1 is 1.00 bits per heavy atom. The summed E-state index contributed by atoms with van der Waals surface area (Å²) in [5.41, 5.74) is 1.98. The number of hydrogen-bond acceptors (Lipinski definition) is 8. The first-order valence-electron chi connectivity index (χ1n) is 6.18. The highest BCUT2D eigenvalue weighted by atomic mass is 16.6. The number of nitrogens with two attached hydrogens (primary N) is 4. The molecule has 12 nitrogen and oxygen atoms in total. The maximum Gasteiger partial charge on any atom is 0.244 e. The van der Waals surface area contributed by atoms with Crippen molar-refractivity contribution in [2.45, 2.75) is 12.1 Å². The molecule has 124 valence electrons. The maximum absolute atomic E-state index is 11.8. The lowest BCUT2D eigenvalue weighted by atomic mass is 10.1. The second-order valence-electron chi connectivity index (χ2n) is 4.10. The van der Waals surface area contributed by atoms with Gasteiger partial charge >= 0.3 is 0 Å². The van der Waals surface area contributed by atoms with Crippen LogP contribution in [0, 0.1) is 0 Å². The minimum absolute atomic E-state index is 0.344. The van der Waals surface area contributed by atoms with Crippen LogP contribution in [0.3, 0.4) is 0 Å². The molecule has 10 N–H and O–H groups in total. The SMILES string of the molecule is N[NH2+]C=C([O-])OCC1NC(=O)C(COC([O-])=C[NH2+]N)NC1=O. The second-order valence-corrected chi connectivity index (χ2v) is 4.10. The summed E-state index contributed by atoms with van der Waals surface area (Å²) in [6.07, 6.45) is 1.94. The molecule has 0 aromatic rings. The van der Waals surface area contributed by atoms with E-state index in [2.05, 4.69) is 10.6 Å². The number of quaternary nitrogens is 2. The molecule has 2 unspecified atom stereocenters. The fourth-order valence-electron chi connectivity index (χ4n) is 1.49. The number of piperazine rings is 1. The Morgan fingerprint density at radius 2 is 1.36 bits per heavy atom. The predicted molar refractivity (Wildman–Crippen MR) is 64.2 cm³/mol. The van der Waals surface area contributed by atoms with Gasteiger partial charge in [0.25, 0.3) is 0 Å². The van der Waals surface area contributed by atoms with Crippen molar-refractivity contribution in [2.75, 3.05) is 13.2 Å². The first-order chi connectivity index (χ1) is 10.5. The lowest BCUT2D eigenvalue weighted by Gasteiger charge is -2.32. The van der Waals surface area contributed by atoms with Crippen LogP contribution in [0.15, 0.2) is 24.3 Å². The van der Waals surface area contributed by atoms with E-state index in [1.54, 1.807) is 0 Å². The van der Waals surface area contributed by atoms with Gasteiger partial charge in [0.1, 0.15) is 36.4 Å². The maximum atomic E-state index is 11.8. The fraction of sp³-hybridized carbons (Fsp3) is 0.400. The number of ether oxygens (including phenoxy) is 2. The number of hydrogen-bond donors (Lipinski definition) is 6. The summed E-state index contributed by atoms with van der Waals surface area (Å²) in [5.74, 6) is 7.38. The molecule has 1 saturated heterocycles. The minimum atomic E-state index is -1.03. The summed E-state index contributed by atoms with van der Waals surface area (Å²) >= 11 is 0. The van der Waals surface area contributed by atoms with Crippen molar-refractivity contribution < 1.29 is 40.1 Å². The number of rotatable bonds is 8. The zero-order valence-corrected chi connectivity index (χ0v) is 11.5. The molecule has 1 heterocycles. The summed E-state index contributed by atoms with van der Waals surface area (Å²) in [7, 11) is 0. The molecule has 2 atom stereocenters. The minimum Gasteiger partial charge on any atom is -0.607 e. The third-order valence-electron chi connectivity index (χ3n) is 2.52. The van der Waals surface area contributed by atoms with Crippen molar-refractivity contribution in [1.82, 2.24) is 10.6 Å². The van der Waals surface area contributed by atoms with Crippen LogP contribution in [-0.2, 0) is 19.1 Å². The van der Waals surface area contributed by atoms with Gasteiger partial charge in [0.2, 0.25) is 11.8 Å². The van der Waals surface area contributed by atoms with Crippen LogP contribution in [-0.4, -0.2) is 37.1 Å². The van der Waals surface area contributed by atoms with Crippen LogP contribution >= 0.6 is 0 Å². The quantitative estimate of drug-likeness (QED) is 0.143. The molecule has 0 aliphatic carbocycles. The molecule has 1 aliphatic heterocycles. The Balaban J connectivity index is 2.47. The fourth-order valence-corrected chi connectivity index (χ4v) is 1.49. The lowest BCUT2D eigenvalue weighted by molar-refractivity contribution is -0.609. The van der Waals surface area contributed by atoms with E-state index in [0.29, 0.717) is 0 Å². The van der Waals surface area contributed by atoms with Crippen LogP contribution in [0.4, 0.5) is 0 Å². The van der Waals surface area contributed by atoms with E-state index in [-0.39, 0.29) is 13.2 Å². The zero-order chi connectivity index (χ0) is 16.5. The van der Waals surface area contributed by atoms with Crippen molar-refractivity contribution in [3.63, 3.8) is 0 Å². The molecule has 2 amide bonds. The standard InChI is InChI=1S/C10H18N6O6/c11-13-1-7(17)21-3-5-9(19)16-6(10(20)15-5)4-22-8(18)2-14-12/h1-2,5-6,13-14,17-18H,3-4,11-12H2,(H,15,20)(H,16,19). The van der Waals surface area contributed by atoms with Crippen molar-refractivity contribution in [1.29, 1.82) is 0 Å². The van der Waals surface area contributed by atoms with Gasteiger partial charge < -0.3 is 30.3 Å². The lowest BCUT2D eigenvalue weighted by Crippen LogP contribution is -2.86. The molecule has 12 heteroatoms. The van der Waals surface area contributed by atoms with Gasteiger partial charge in [-0.15, -0.1) is 0 Å². The molecule has 0 radical (unpaired) electrons. The van der Waals surface area contributed by atoms with E-state index in [4.69, 9.17) is 21.2 Å². The van der Waals surface area contributed by atoms with Gasteiger partial charge in [-0.1, -0.05) is 0 Å². The number of amides is 2. The molecule has 0 aromatic carbocycles. The van der Waals surface area contributed by atoms with Crippen molar-refractivity contribution >= 4 is 11.8 Å². The van der Waals surface area contributed by atoms with E-state index < -0.39 is 35.8 Å². The first-order valence-corrected chi connectivity index (χ1v) is 6.18. The topological polar surface area (TPSA) is 208 Å². The molecule has 0 bridgehead atoms. The zero-order valence-electron chi connectivity index (χ0n) is 11.5. The van der Waals surface area contributed by atoms with E-state index in [1.807, 2.05) is 0 Å². The average Bonchev–Trinajstić information content (AvgIpc) is 2.47. The highest BCUT2D eigenvalue weighted by Crippen LogP contribution is 2.01. The summed E-state index contributed by atoms with van der Waals surface area (Å²) in [6.45, 7) is -0.688. The molecule has 1 rings (SSSR count). The summed E-state index contributed by atoms with van der Waals surface area (Å²) in [6, 6.07) is -2.06. The second kappa shape index (κ2) is 8.68. The van der Waals surface area contributed by atoms with Gasteiger partial charge in [0.05, 0.1) is 0 Å². The largest absolute Gasteiger partial charge is 0.607 e. The van der Waals surface area contributed by atoms with Crippen LogP contribution in [0.25, 0.3) is 0 Å². The van der Waals surface area contributed by atoms with Gasteiger partial charge in [0.15, 0.2) is 0 Å². The molecule has 1 aliphatic rings. The predicted octanol–water partition coefficient (Wildman–Crippen LogP) is -7.80. The molecule has 0 spiro atoms. The third-order valence-corrected chi connectivity index (χ3v) is 2.52. The van der Waals surface area contributed by atoms with E-state index in [9.17, 15) is 19.8 Å². The molecular weight excluding hydrogens is 300 g/mol. The van der Waals surface area contributed by atoms with Gasteiger partial charge in [-0.05, 0) is 0 Å². The smallest absolute Gasteiger partial charge is 0.244 e. The molecule has 0 saturated carbocycles. The average molecular weight is 318 g/mol. The molecule has 1 fully saturated rings. The van der Waals surface area contributed by atoms with Gasteiger partial charge in [-0.3, -0.25) is 9.59 Å². The molecular formula is C10H18N6O6. The molecule has 22 heavy (non-hydrogen) atoms. The van der Waals surface area contributed by atoms with Crippen molar-refractivity contribution in [2.24, 2.45) is 11.7 Å². The van der Waals surface area contributed by atoms with Crippen LogP contribution in [0.5, 0.6) is 0 Å². The number of nitrogens with one attached hydrogen (secondary N) is 2. The van der Waals surface area contributed by atoms with Crippen LogP contribution < -0.4 is 43.4 Å². The normalized spacial score (nSPS) is 22.8. The summed E-state index contributed by atoms with van der Waals surface area (Å²) in [4.78, 5) is 23.5. The summed E-state index contributed by atoms with van der Waals surface area (Å²) in [5, 5.41) is 26.8. The van der Waals surface area contributed by atoms with E-state index in [1.165, 1.54) is 0 Å². The first kappa shape index (κ1) is 17.5. The Kier molecular flexibility index (Phi) is 6.91. The number of carbonyl (C=O) groups excluding carboxylic acids is 2. The highest BCUT2D eigenvalue weighted by molar-refractivity contribution is 5.97. The van der Waals surface area contributed by atoms with Crippen molar-refractivity contribution in [3.05, 3.63) is 24.3 Å². The van der Waals surface area contributed by atoms with Gasteiger partial charge in [-0.2, -0.15) is 11.7 Å². The molecule has 0 aromatic heterocycles. The van der Waals surface area contributed by atoms with Crippen molar-refractivity contribution in [3.8, 4) is 0 Å². The Bertz CT molecular complexity index is 425. The Labute approximate surface area is 125 Å². The Hall–Kier alpha value is -2.54. The van der Waals surface area contributed by atoms with Crippen LogP contribution in [0.2, 0.25) is 0 Å². The number of carbonyl (C=O) groups is 2. The summed E-state index contributed by atoms with van der Waals surface area (Å²) < 4.78 is 9.43. The Morgan fingerprint density at radius 3 is 1.68 bits per heavy atom. The van der Waals surface area contributed by atoms with Gasteiger partial charge in [-0.25, -0.2) is 10.9 Å². The highest BCUT2D eigenvalue weighted by Gasteiger charge is 2.32. The van der Waals surface area contributed by atoms with Crippen LogP contribution in [0.1, 0.15) is 0 Å². The third kappa shape index (κ3) is 5.45.